The molecule has 1 saturated heterocycles. The van der Waals surface area contributed by atoms with Gasteiger partial charge in [-0.1, -0.05) is 31.2 Å². The van der Waals surface area contributed by atoms with Crippen LogP contribution < -0.4 is 5.32 Å². The minimum absolute atomic E-state index is 0.0548. The van der Waals surface area contributed by atoms with Crippen LogP contribution in [0.25, 0.3) is 0 Å². The van der Waals surface area contributed by atoms with Gasteiger partial charge in [-0.25, -0.2) is 4.39 Å². The van der Waals surface area contributed by atoms with Crippen LogP contribution in [0, 0.1) is 5.82 Å². The number of hydrogen-bond donors (Lipinski definition) is 1. The Balaban J connectivity index is 1.50. The maximum absolute atomic E-state index is 13.3. The Morgan fingerprint density at radius 3 is 2.48 bits per heavy atom. The maximum atomic E-state index is 13.3. The second-order valence-electron chi connectivity index (χ2n) is 6.64. The molecule has 1 fully saturated rings. The molecule has 142 valence electrons. The van der Waals surface area contributed by atoms with Crippen LogP contribution in [0.1, 0.15) is 22.8 Å². The lowest BCUT2D eigenvalue weighted by atomic mass is 10.1. The van der Waals surface area contributed by atoms with Crippen LogP contribution in [0.5, 0.6) is 0 Å². The zero-order chi connectivity index (χ0) is 19.2. The predicted molar refractivity (Wildman–Crippen MR) is 103 cm³/mol. The molecule has 2 aromatic carbocycles. The average molecular weight is 369 g/mol. The largest absolute Gasteiger partial charge is 0.336 e. The van der Waals surface area contributed by atoms with E-state index in [9.17, 15) is 14.0 Å². The van der Waals surface area contributed by atoms with Crippen molar-refractivity contribution < 1.29 is 14.0 Å². The molecule has 0 atom stereocenters. The molecule has 0 aromatic heterocycles. The van der Waals surface area contributed by atoms with Crippen molar-refractivity contribution in [2.75, 3.05) is 38.0 Å². The fraction of sp³-hybridized carbons (Fsp3) is 0.333. The molecule has 2 amide bonds. The zero-order valence-corrected chi connectivity index (χ0v) is 15.5. The molecule has 1 aliphatic rings. The van der Waals surface area contributed by atoms with E-state index in [0.717, 1.165) is 17.7 Å². The van der Waals surface area contributed by atoms with Crippen LogP contribution in [0.3, 0.4) is 0 Å². The lowest BCUT2D eigenvalue weighted by molar-refractivity contribution is -0.117. The Bertz CT molecular complexity index is 817. The molecular weight excluding hydrogens is 345 g/mol. The number of nitrogens with zero attached hydrogens (tertiary/aromatic N) is 2. The van der Waals surface area contributed by atoms with E-state index < -0.39 is 5.82 Å². The third kappa shape index (κ3) is 4.92. The third-order valence-corrected chi connectivity index (χ3v) is 4.77. The first-order valence-electron chi connectivity index (χ1n) is 9.21. The molecule has 1 N–H and O–H groups in total. The molecular formula is C21H24FN3O2. The number of aryl methyl sites for hydroxylation is 1. The van der Waals surface area contributed by atoms with Crippen LogP contribution in [0.15, 0.2) is 48.5 Å². The quantitative estimate of drug-likeness (QED) is 0.882. The lowest BCUT2D eigenvalue weighted by Crippen LogP contribution is -2.50. The first-order chi connectivity index (χ1) is 13.1. The van der Waals surface area contributed by atoms with Crippen molar-refractivity contribution in [2.45, 2.75) is 13.3 Å². The molecule has 6 heteroatoms. The summed E-state index contributed by atoms with van der Waals surface area (Å²) in [4.78, 5) is 28.5. The third-order valence-electron chi connectivity index (χ3n) is 4.77. The fourth-order valence-electron chi connectivity index (χ4n) is 3.26. The Hall–Kier alpha value is -2.73. The molecule has 27 heavy (non-hydrogen) atoms. The Morgan fingerprint density at radius 1 is 1.04 bits per heavy atom. The molecule has 5 nitrogen and oxygen atoms in total. The van der Waals surface area contributed by atoms with Crippen molar-refractivity contribution >= 4 is 17.5 Å². The number of hydrogen-bond acceptors (Lipinski definition) is 3. The first-order valence-corrected chi connectivity index (χ1v) is 9.21. The zero-order valence-electron chi connectivity index (χ0n) is 15.5. The monoisotopic (exact) mass is 369 g/mol. The van der Waals surface area contributed by atoms with Gasteiger partial charge in [0.15, 0.2) is 0 Å². The number of anilines is 1. The highest BCUT2D eigenvalue weighted by molar-refractivity contribution is 5.94. The molecule has 2 aromatic rings. The smallest absolute Gasteiger partial charge is 0.254 e. The summed E-state index contributed by atoms with van der Waals surface area (Å²) < 4.78 is 13.3. The minimum Gasteiger partial charge on any atom is -0.336 e. The summed E-state index contributed by atoms with van der Waals surface area (Å²) >= 11 is 0. The molecule has 0 bridgehead atoms. The summed E-state index contributed by atoms with van der Waals surface area (Å²) in [6.07, 6.45) is 0.858. The van der Waals surface area contributed by atoms with Gasteiger partial charge in [0.25, 0.3) is 5.91 Å². The van der Waals surface area contributed by atoms with Crippen LogP contribution in [0.2, 0.25) is 0 Å². The second kappa shape index (κ2) is 8.77. The highest BCUT2D eigenvalue weighted by Crippen LogP contribution is 2.16. The van der Waals surface area contributed by atoms with Gasteiger partial charge in [-0.3, -0.25) is 14.5 Å². The number of halogens is 1. The summed E-state index contributed by atoms with van der Waals surface area (Å²) in [6.45, 7) is 4.62. The van der Waals surface area contributed by atoms with Gasteiger partial charge in [0, 0.05) is 37.4 Å². The predicted octanol–water partition coefficient (Wildman–Crippen LogP) is 2.78. The van der Waals surface area contributed by atoms with Crippen molar-refractivity contribution in [3.05, 3.63) is 65.5 Å². The average Bonchev–Trinajstić information content (AvgIpc) is 2.68. The minimum atomic E-state index is -0.413. The van der Waals surface area contributed by atoms with E-state index in [4.69, 9.17) is 0 Å². The number of piperazine rings is 1. The van der Waals surface area contributed by atoms with Crippen LogP contribution in [-0.2, 0) is 11.2 Å². The van der Waals surface area contributed by atoms with Gasteiger partial charge >= 0.3 is 0 Å². The van der Waals surface area contributed by atoms with E-state index in [1.807, 2.05) is 29.2 Å². The number of carbonyl (C=O) groups is 2. The van der Waals surface area contributed by atoms with E-state index >= 15 is 0 Å². The molecule has 0 saturated carbocycles. The van der Waals surface area contributed by atoms with Gasteiger partial charge in [0.2, 0.25) is 5.91 Å². The topological polar surface area (TPSA) is 52.7 Å². The maximum Gasteiger partial charge on any atom is 0.254 e. The van der Waals surface area contributed by atoms with Gasteiger partial charge in [-0.2, -0.15) is 0 Å². The molecule has 0 radical (unpaired) electrons. The molecule has 1 heterocycles. The highest BCUT2D eigenvalue weighted by Gasteiger charge is 2.23. The number of para-hydroxylation sites is 1. The number of benzene rings is 2. The summed E-state index contributed by atoms with van der Waals surface area (Å²) in [5, 5.41) is 2.97. The molecule has 0 unspecified atom stereocenters. The molecule has 1 aliphatic heterocycles. The standard InChI is InChI=1S/C21H24FN3O2/c1-2-16-6-3-4-9-19(16)23-20(26)15-24-10-12-25(13-11-24)21(27)17-7-5-8-18(22)14-17/h3-9,14H,2,10-13,15H2,1H3,(H,23,26). The fourth-order valence-corrected chi connectivity index (χ4v) is 3.26. The van der Waals surface area contributed by atoms with Crippen molar-refractivity contribution in [3.8, 4) is 0 Å². The molecule has 3 rings (SSSR count). The van der Waals surface area contributed by atoms with Crippen LogP contribution in [0.4, 0.5) is 10.1 Å². The summed E-state index contributed by atoms with van der Waals surface area (Å²) in [5.41, 5.74) is 2.32. The normalized spacial score (nSPS) is 14.8. The molecule has 0 aliphatic carbocycles. The van der Waals surface area contributed by atoms with Crippen LogP contribution >= 0.6 is 0 Å². The van der Waals surface area contributed by atoms with E-state index in [-0.39, 0.29) is 11.8 Å². The van der Waals surface area contributed by atoms with E-state index in [0.29, 0.717) is 38.3 Å². The van der Waals surface area contributed by atoms with Crippen molar-refractivity contribution in [1.82, 2.24) is 9.80 Å². The van der Waals surface area contributed by atoms with Gasteiger partial charge in [-0.15, -0.1) is 0 Å². The van der Waals surface area contributed by atoms with E-state index in [1.54, 1.807) is 11.0 Å². The van der Waals surface area contributed by atoms with Gasteiger partial charge < -0.3 is 10.2 Å². The molecule has 0 spiro atoms. The Kier molecular flexibility index (Phi) is 6.19. The Morgan fingerprint density at radius 2 is 1.78 bits per heavy atom. The van der Waals surface area contributed by atoms with Gasteiger partial charge in [0.1, 0.15) is 5.82 Å². The lowest BCUT2D eigenvalue weighted by Gasteiger charge is -2.34. The van der Waals surface area contributed by atoms with Gasteiger partial charge in [-0.05, 0) is 36.2 Å². The van der Waals surface area contributed by atoms with Crippen molar-refractivity contribution in [3.63, 3.8) is 0 Å². The van der Waals surface area contributed by atoms with Gasteiger partial charge in [0.05, 0.1) is 6.54 Å². The Labute approximate surface area is 158 Å². The number of amides is 2. The number of rotatable bonds is 5. The first kappa shape index (κ1) is 19.0. The summed E-state index contributed by atoms with van der Waals surface area (Å²) in [7, 11) is 0. The highest BCUT2D eigenvalue weighted by atomic mass is 19.1. The second-order valence-corrected chi connectivity index (χ2v) is 6.64. The summed E-state index contributed by atoms with van der Waals surface area (Å²) in [5.74, 6) is -0.639. The number of nitrogens with one attached hydrogen (secondary N) is 1. The van der Waals surface area contributed by atoms with E-state index in [2.05, 4.69) is 12.2 Å². The number of carbonyl (C=O) groups excluding carboxylic acids is 2. The van der Waals surface area contributed by atoms with E-state index in [1.165, 1.54) is 18.2 Å². The van der Waals surface area contributed by atoms with Crippen molar-refractivity contribution in [1.29, 1.82) is 0 Å². The SMILES string of the molecule is CCc1ccccc1NC(=O)CN1CCN(C(=O)c2cccc(F)c2)CC1. The van der Waals surface area contributed by atoms with Crippen LogP contribution in [-0.4, -0.2) is 54.3 Å². The summed E-state index contributed by atoms with van der Waals surface area (Å²) in [6, 6.07) is 13.5. The van der Waals surface area contributed by atoms with Crippen molar-refractivity contribution in [2.24, 2.45) is 0 Å².